The number of fused-ring (bicyclic) bond motifs is 1. The number of hydrogen-bond acceptors (Lipinski definition) is 7. The molecular formula is C18H17N5OS3. The van der Waals surface area contributed by atoms with Gasteiger partial charge in [-0.25, -0.2) is 4.98 Å². The van der Waals surface area contributed by atoms with Crippen molar-refractivity contribution in [2.24, 2.45) is 0 Å². The molecule has 4 rings (SSSR count). The highest BCUT2D eigenvalue weighted by Crippen LogP contribution is 2.28. The van der Waals surface area contributed by atoms with E-state index in [4.69, 9.17) is 0 Å². The Kier molecular flexibility index (Phi) is 5.51. The van der Waals surface area contributed by atoms with Crippen LogP contribution in [0.1, 0.15) is 13.3 Å². The van der Waals surface area contributed by atoms with Gasteiger partial charge < -0.3 is 9.88 Å². The second-order valence-electron chi connectivity index (χ2n) is 5.76. The first-order chi connectivity index (χ1) is 13.2. The van der Waals surface area contributed by atoms with Gasteiger partial charge in [0.2, 0.25) is 5.91 Å². The number of rotatable bonds is 7. The van der Waals surface area contributed by atoms with Gasteiger partial charge in [0, 0.05) is 6.54 Å². The fraction of sp³-hybridized carbons (Fsp3) is 0.222. The molecule has 1 aromatic carbocycles. The molecule has 0 aliphatic carbocycles. The Labute approximate surface area is 168 Å². The molecule has 0 bridgehead atoms. The number of thiazole rings is 1. The summed E-state index contributed by atoms with van der Waals surface area (Å²) < 4.78 is 3.14. The summed E-state index contributed by atoms with van der Waals surface area (Å²) >= 11 is 4.51. The van der Waals surface area contributed by atoms with Gasteiger partial charge in [0.1, 0.15) is 0 Å². The van der Waals surface area contributed by atoms with Crippen molar-refractivity contribution in [3.05, 3.63) is 41.8 Å². The molecule has 0 radical (unpaired) electrons. The van der Waals surface area contributed by atoms with Gasteiger partial charge in [-0.2, -0.15) is 0 Å². The Morgan fingerprint density at radius 1 is 1.22 bits per heavy atom. The third-order valence-corrected chi connectivity index (χ3v) is 6.56. The summed E-state index contributed by atoms with van der Waals surface area (Å²) in [5, 5.41) is 14.9. The zero-order chi connectivity index (χ0) is 18.6. The summed E-state index contributed by atoms with van der Waals surface area (Å²) in [6, 6.07) is 11.9. The number of carbonyl (C=O) groups is 1. The molecule has 4 aromatic rings. The van der Waals surface area contributed by atoms with Gasteiger partial charge >= 0.3 is 0 Å². The van der Waals surface area contributed by atoms with Crippen molar-refractivity contribution in [1.29, 1.82) is 0 Å². The van der Waals surface area contributed by atoms with Gasteiger partial charge in [0.15, 0.2) is 16.1 Å². The first-order valence-corrected chi connectivity index (χ1v) is 11.2. The maximum absolute atomic E-state index is 12.3. The fourth-order valence-corrected chi connectivity index (χ4v) is 4.98. The van der Waals surface area contributed by atoms with Gasteiger partial charge in [-0.1, -0.05) is 48.2 Å². The van der Waals surface area contributed by atoms with E-state index in [9.17, 15) is 4.79 Å². The number of carbonyl (C=O) groups excluding carboxylic acids is 1. The Morgan fingerprint density at radius 3 is 2.89 bits per heavy atom. The van der Waals surface area contributed by atoms with Crippen LogP contribution in [-0.4, -0.2) is 31.4 Å². The molecule has 0 unspecified atom stereocenters. The molecule has 0 saturated carbocycles. The number of thiophene rings is 1. The lowest BCUT2D eigenvalue weighted by Crippen LogP contribution is -2.14. The summed E-state index contributed by atoms with van der Waals surface area (Å²) in [5.41, 5.74) is 0.897. The minimum Gasteiger partial charge on any atom is -0.301 e. The number of nitrogens with one attached hydrogen (secondary N) is 1. The molecule has 0 aliphatic rings. The Hall–Kier alpha value is -2.23. The standard InChI is InChI=1S/C18H17N5OS3/c1-2-9-23-16(14-8-5-10-25-14)21-22-18(23)26-11-15(24)20-17-19-12-6-3-4-7-13(12)27-17/h3-8,10H,2,9,11H2,1H3,(H,19,20,24). The Morgan fingerprint density at radius 2 is 2.11 bits per heavy atom. The fourth-order valence-electron chi connectivity index (χ4n) is 2.62. The van der Waals surface area contributed by atoms with Crippen molar-refractivity contribution >= 4 is 55.7 Å². The highest BCUT2D eigenvalue weighted by molar-refractivity contribution is 7.99. The minimum atomic E-state index is -0.0946. The van der Waals surface area contributed by atoms with Crippen LogP contribution < -0.4 is 5.32 Å². The molecule has 0 fully saturated rings. The van der Waals surface area contributed by atoms with Crippen molar-refractivity contribution in [2.75, 3.05) is 11.1 Å². The molecule has 9 heteroatoms. The highest BCUT2D eigenvalue weighted by Gasteiger charge is 2.16. The second-order valence-corrected chi connectivity index (χ2v) is 8.68. The van der Waals surface area contributed by atoms with E-state index in [0.29, 0.717) is 5.13 Å². The molecule has 3 aromatic heterocycles. The van der Waals surface area contributed by atoms with Crippen LogP contribution >= 0.6 is 34.4 Å². The van der Waals surface area contributed by atoms with Gasteiger partial charge in [0.25, 0.3) is 0 Å². The molecule has 1 amide bonds. The lowest BCUT2D eigenvalue weighted by Gasteiger charge is -2.07. The summed E-state index contributed by atoms with van der Waals surface area (Å²) in [7, 11) is 0. The molecule has 3 heterocycles. The van der Waals surface area contributed by atoms with E-state index >= 15 is 0 Å². The van der Waals surface area contributed by atoms with Crippen molar-refractivity contribution in [2.45, 2.75) is 25.0 Å². The van der Waals surface area contributed by atoms with Crippen LogP contribution in [-0.2, 0) is 11.3 Å². The number of amides is 1. The Balaban J connectivity index is 1.44. The molecule has 138 valence electrons. The first kappa shape index (κ1) is 18.1. The maximum atomic E-state index is 12.3. The maximum Gasteiger partial charge on any atom is 0.236 e. The number of aromatic nitrogens is 4. The zero-order valence-corrected chi connectivity index (χ0v) is 17.0. The highest BCUT2D eigenvalue weighted by atomic mass is 32.2. The number of thioether (sulfide) groups is 1. The third-order valence-electron chi connectivity index (χ3n) is 3.78. The lowest BCUT2D eigenvalue weighted by molar-refractivity contribution is -0.113. The van der Waals surface area contributed by atoms with Crippen LogP contribution in [0.2, 0.25) is 0 Å². The summed E-state index contributed by atoms with van der Waals surface area (Å²) in [6.45, 7) is 2.94. The smallest absolute Gasteiger partial charge is 0.236 e. The largest absolute Gasteiger partial charge is 0.301 e. The summed E-state index contributed by atoms with van der Waals surface area (Å²) in [5.74, 6) is 1.03. The van der Waals surface area contributed by atoms with Crippen LogP contribution in [0.15, 0.2) is 46.9 Å². The van der Waals surface area contributed by atoms with E-state index in [1.54, 1.807) is 11.3 Å². The number of para-hydroxylation sites is 1. The van der Waals surface area contributed by atoms with Crippen LogP contribution in [0.4, 0.5) is 5.13 Å². The molecule has 0 saturated heterocycles. The quantitative estimate of drug-likeness (QED) is 0.441. The van der Waals surface area contributed by atoms with Gasteiger partial charge in [-0.05, 0) is 30.0 Å². The van der Waals surface area contributed by atoms with E-state index < -0.39 is 0 Å². The summed E-state index contributed by atoms with van der Waals surface area (Å²) in [6.07, 6.45) is 0.974. The average Bonchev–Trinajstić information content (AvgIpc) is 3.39. The van der Waals surface area contributed by atoms with Crippen molar-refractivity contribution < 1.29 is 4.79 Å². The molecule has 0 atom stereocenters. The van der Waals surface area contributed by atoms with Crippen LogP contribution in [0.3, 0.4) is 0 Å². The van der Waals surface area contributed by atoms with E-state index in [0.717, 1.165) is 39.0 Å². The monoisotopic (exact) mass is 415 g/mol. The van der Waals surface area contributed by atoms with Crippen molar-refractivity contribution in [3.63, 3.8) is 0 Å². The summed E-state index contributed by atoms with van der Waals surface area (Å²) in [4.78, 5) is 17.9. The van der Waals surface area contributed by atoms with E-state index in [2.05, 4.69) is 32.0 Å². The predicted molar refractivity (Wildman–Crippen MR) is 113 cm³/mol. The molecule has 6 nitrogen and oxygen atoms in total. The van der Waals surface area contributed by atoms with Gasteiger partial charge in [-0.15, -0.1) is 21.5 Å². The molecule has 0 aliphatic heterocycles. The number of anilines is 1. The zero-order valence-electron chi connectivity index (χ0n) is 14.6. The van der Waals surface area contributed by atoms with E-state index in [-0.39, 0.29) is 11.7 Å². The second kappa shape index (κ2) is 8.20. The van der Waals surface area contributed by atoms with Crippen LogP contribution in [0, 0.1) is 0 Å². The van der Waals surface area contributed by atoms with Crippen LogP contribution in [0.5, 0.6) is 0 Å². The van der Waals surface area contributed by atoms with E-state index in [1.807, 2.05) is 41.8 Å². The topological polar surface area (TPSA) is 72.7 Å². The van der Waals surface area contributed by atoms with Crippen molar-refractivity contribution in [1.82, 2.24) is 19.7 Å². The third kappa shape index (κ3) is 4.05. The minimum absolute atomic E-state index is 0.0946. The molecule has 1 N–H and O–H groups in total. The average molecular weight is 416 g/mol. The molecule has 27 heavy (non-hydrogen) atoms. The molecular weight excluding hydrogens is 398 g/mol. The van der Waals surface area contributed by atoms with E-state index in [1.165, 1.54) is 23.1 Å². The van der Waals surface area contributed by atoms with Gasteiger partial charge in [0.05, 0.1) is 20.8 Å². The predicted octanol–water partition coefficient (Wildman–Crippen LogP) is 4.76. The van der Waals surface area contributed by atoms with Gasteiger partial charge in [-0.3, -0.25) is 4.79 Å². The number of benzene rings is 1. The number of hydrogen-bond donors (Lipinski definition) is 1. The lowest BCUT2D eigenvalue weighted by atomic mass is 10.3. The Bertz CT molecular complexity index is 1020. The SMILES string of the molecule is CCCn1c(SCC(=O)Nc2nc3ccccc3s2)nnc1-c1cccs1. The first-order valence-electron chi connectivity index (χ1n) is 8.50. The van der Waals surface area contributed by atoms with Crippen LogP contribution in [0.25, 0.3) is 20.9 Å². The number of nitrogens with zero attached hydrogens (tertiary/aromatic N) is 4. The normalized spacial score (nSPS) is 11.1. The van der Waals surface area contributed by atoms with Crippen molar-refractivity contribution in [3.8, 4) is 10.7 Å². The molecule has 0 spiro atoms.